The molecule has 2 nitrogen and oxygen atoms in total. The highest BCUT2D eigenvalue weighted by Crippen LogP contribution is 2.26. The Morgan fingerprint density at radius 2 is 1.81 bits per heavy atom. The van der Waals surface area contributed by atoms with Crippen LogP contribution in [0.5, 0.6) is 0 Å². The molecule has 0 spiro atoms. The van der Waals surface area contributed by atoms with Gasteiger partial charge in [-0.1, -0.05) is 55.5 Å². The molecule has 0 unspecified atom stereocenters. The van der Waals surface area contributed by atoms with E-state index in [0.717, 1.165) is 23.9 Å². The predicted molar refractivity (Wildman–Crippen MR) is 86.9 cm³/mol. The van der Waals surface area contributed by atoms with E-state index < -0.39 is 0 Å². The summed E-state index contributed by atoms with van der Waals surface area (Å²) in [7, 11) is 0. The van der Waals surface area contributed by atoms with Crippen molar-refractivity contribution >= 4 is 16.7 Å². The van der Waals surface area contributed by atoms with Crippen molar-refractivity contribution in [1.82, 2.24) is 4.57 Å². The number of benzene rings is 2. The van der Waals surface area contributed by atoms with Crippen molar-refractivity contribution in [2.45, 2.75) is 26.8 Å². The summed E-state index contributed by atoms with van der Waals surface area (Å²) in [5.74, 6) is 0.125. The van der Waals surface area contributed by atoms with Crippen LogP contribution in [0.1, 0.15) is 35.3 Å². The van der Waals surface area contributed by atoms with Crippen LogP contribution in [0.4, 0.5) is 0 Å². The van der Waals surface area contributed by atoms with Crippen LogP contribution in [0, 0.1) is 0 Å². The Labute approximate surface area is 125 Å². The maximum Gasteiger partial charge on any atom is 0.161 e. The van der Waals surface area contributed by atoms with E-state index in [4.69, 9.17) is 0 Å². The molecule has 0 amide bonds. The van der Waals surface area contributed by atoms with E-state index in [0.29, 0.717) is 0 Å². The average molecular weight is 277 g/mol. The zero-order valence-electron chi connectivity index (χ0n) is 12.5. The van der Waals surface area contributed by atoms with Gasteiger partial charge in [0.25, 0.3) is 0 Å². The molecule has 2 aromatic carbocycles. The summed E-state index contributed by atoms with van der Waals surface area (Å²) in [6.07, 6.45) is 2.96. The Bertz CT molecular complexity index is 784. The van der Waals surface area contributed by atoms with Gasteiger partial charge in [-0.05, 0) is 24.5 Å². The van der Waals surface area contributed by atoms with Gasteiger partial charge in [0.05, 0.1) is 5.52 Å². The number of aromatic nitrogens is 1. The lowest BCUT2D eigenvalue weighted by Gasteiger charge is -2.08. The second-order valence-electron chi connectivity index (χ2n) is 5.38. The molecule has 1 heterocycles. The Morgan fingerprint density at radius 3 is 2.48 bits per heavy atom. The lowest BCUT2D eigenvalue weighted by molar-refractivity contribution is 0.101. The minimum absolute atomic E-state index is 0.125. The second-order valence-corrected chi connectivity index (χ2v) is 5.38. The first-order valence-electron chi connectivity index (χ1n) is 7.36. The fraction of sp³-hybridized carbons (Fsp3) is 0.211. The van der Waals surface area contributed by atoms with Gasteiger partial charge in [-0.2, -0.15) is 0 Å². The third-order valence-corrected chi connectivity index (χ3v) is 3.94. The van der Waals surface area contributed by atoms with Crippen molar-refractivity contribution in [2.24, 2.45) is 0 Å². The third-order valence-electron chi connectivity index (χ3n) is 3.94. The summed E-state index contributed by atoms with van der Waals surface area (Å²) in [6, 6.07) is 16.6. The van der Waals surface area contributed by atoms with E-state index in [-0.39, 0.29) is 5.78 Å². The fourth-order valence-electron chi connectivity index (χ4n) is 2.91. The zero-order chi connectivity index (χ0) is 14.8. The second kappa shape index (κ2) is 5.57. The van der Waals surface area contributed by atoms with E-state index in [9.17, 15) is 4.79 Å². The molecular formula is C19H19NO. The van der Waals surface area contributed by atoms with Gasteiger partial charge in [0.2, 0.25) is 0 Å². The van der Waals surface area contributed by atoms with Crippen LogP contribution >= 0.6 is 0 Å². The molecule has 0 saturated heterocycles. The molecule has 0 atom stereocenters. The van der Waals surface area contributed by atoms with Gasteiger partial charge in [-0.25, -0.2) is 0 Å². The maximum absolute atomic E-state index is 11.9. The number of hydrogen-bond acceptors (Lipinski definition) is 1. The summed E-state index contributed by atoms with van der Waals surface area (Å²) in [5, 5.41) is 1.07. The number of Topliss-reactive ketones (excluding diaryl/α,β-unsaturated/α-hetero) is 1. The normalized spacial score (nSPS) is 11.0. The minimum atomic E-state index is 0.125. The quantitative estimate of drug-likeness (QED) is 0.646. The number of nitrogens with zero attached hydrogens (tertiary/aromatic N) is 1. The SMILES string of the molecule is CCc1cccc2c(C(C)=O)cn(Cc3ccccc3)c12. The summed E-state index contributed by atoms with van der Waals surface area (Å²) in [4.78, 5) is 11.9. The van der Waals surface area contributed by atoms with Crippen LogP contribution < -0.4 is 0 Å². The van der Waals surface area contributed by atoms with Crippen LogP contribution in [0.2, 0.25) is 0 Å². The smallest absolute Gasteiger partial charge is 0.161 e. The molecule has 0 radical (unpaired) electrons. The van der Waals surface area contributed by atoms with E-state index in [1.54, 1.807) is 6.92 Å². The molecule has 0 aliphatic carbocycles. The first-order chi connectivity index (χ1) is 10.2. The standard InChI is InChI=1S/C19H19NO/c1-3-16-10-7-11-17-18(14(2)21)13-20(19(16)17)12-15-8-5-4-6-9-15/h4-11,13H,3,12H2,1-2H3. The van der Waals surface area contributed by atoms with Gasteiger partial charge in [0.15, 0.2) is 5.78 Å². The molecule has 3 aromatic rings. The third kappa shape index (κ3) is 2.49. The van der Waals surface area contributed by atoms with Crippen molar-refractivity contribution in [1.29, 1.82) is 0 Å². The Hall–Kier alpha value is -2.35. The Kier molecular flexibility index (Phi) is 3.61. The fourth-order valence-corrected chi connectivity index (χ4v) is 2.91. The average Bonchev–Trinajstić information content (AvgIpc) is 2.87. The summed E-state index contributed by atoms with van der Waals surface area (Å²) in [5.41, 5.74) is 4.54. The first kappa shape index (κ1) is 13.6. The highest BCUT2D eigenvalue weighted by atomic mass is 16.1. The van der Waals surface area contributed by atoms with Gasteiger partial charge in [0.1, 0.15) is 0 Å². The molecule has 0 aliphatic heterocycles. The van der Waals surface area contributed by atoms with Gasteiger partial charge in [0, 0.05) is 23.7 Å². The highest BCUT2D eigenvalue weighted by molar-refractivity contribution is 6.07. The largest absolute Gasteiger partial charge is 0.342 e. The molecule has 0 aliphatic rings. The molecular weight excluding hydrogens is 258 g/mol. The highest BCUT2D eigenvalue weighted by Gasteiger charge is 2.14. The molecule has 0 saturated carbocycles. The topological polar surface area (TPSA) is 22.0 Å². The van der Waals surface area contributed by atoms with Gasteiger partial charge >= 0.3 is 0 Å². The van der Waals surface area contributed by atoms with Crippen LogP contribution in [-0.4, -0.2) is 10.4 Å². The van der Waals surface area contributed by atoms with E-state index in [2.05, 4.69) is 29.7 Å². The number of carbonyl (C=O) groups is 1. The molecule has 2 heteroatoms. The van der Waals surface area contributed by atoms with Crippen molar-refractivity contribution < 1.29 is 4.79 Å². The van der Waals surface area contributed by atoms with Gasteiger partial charge in [-0.3, -0.25) is 4.79 Å². The number of ketones is 1. The first-order valence-corrected chi connectivity index (χ1v) is 7.36. The molecule has 0 bridgehead atoms. The van der Waals surface area contributed by atoms with Crippen molar-refractivity contribution in [3.63, 3.8) is 0 Å². The monoisotopic (exact) mass is 277 g/mol. The van der Waals surface area contributed by atoms with Crippen LogP contribution in [0.3, 0.4) is 0 Å². The number of fused-ring (bicyclic) bond motifs is 1. The maximum atomic E-state index is 11.9. The van der Waals surface area contributed by atoms with Crippen LogP contribution in [0.25, 0.3) is 10.9 Å². The van der Waals surface area contributed by atoms with Gasteiger partial charge in [-0.15, -0.1) is 0 Å². The number of carbonyl (C=O) groups excluding carboxylic acids is 1. The number of aryl methyl sites for hydroxylation is 1. The Balaban J connectivity index is 2.19. The summed E-state index contributed by atoms with van der Waals surface area (Å²) < 4.78 is 2.21. The molecule has 106 valence electrons. The van der Waals surface area contributed by atoms with Gasteiger partial charge < -0.3 is 4.57 Å². The molecule has 0 fully saturated rings. The predicted octanol–water partition coefficient (Wildman–Crippen LogP) is 4.45. The van der Waals surface area contributed by atoms with E-state index in [1.165, 1.54) is 16.6 Å². The van der Waals surface area contributed by atoms with Crippen LogP contribution in [-0.2, 0) is 13.0 Å². The van der Waals surface area contributed by atoms with Crippen LogP contribution in [0.15, 0.2) is 54.7 Å². The number of hydrogen-bond donors (Lipinski definition) is 0. The minimum Gasteiger partial charge on any atom is -0.342 e. The molecule has 0 N–H and O–H groups in total. The number of rotatable bonds is 4. The zero-order valence-corrected chi connectivity index (χ0v) is 12.5. The summed E-state index contributed by atoms with van der Waals surface area (Å²) >= 11 is 0. The molecule has 1 aromatic heterocycles. The summed E-state index contributed by atoms with van der Waals surface area (Å²) in [6.45, 7) is 4.59. The Morgan fingerprint density at radius 1 is 1.05 bits per heavy atom. The van der Waals surface area contributed by atoms with Crippen molar-refractivity contribution in [3.8, 4) is 0 Å². The molecule has 3 rings (SSSR count). The number of para-hydroxylation sites is 1. The van der Waals surface area contributed by atoms with Crippen molar-refractivity contribution in [2.75, 3.05) is 0 Å². The molecule has 21 heavy (non-hydrogen) atoms. The van der Waals surface area contributed by atoms with E-state index in [1.807, 2.05) is 36.5 Å². The lowest BCUT2D eigenvalue weighted by atomic mass is 10.1. The lowest BCUT2D eigenvalue weighted by Crippen LogP contribution is -1.99. The van der Waals surface area contributed by atoms with E-state index >= 15 is 0 Å². The van der Waals surface area contributed by atoms with Crippen molar-refractivity contribution in [3.05, 3.63) is 71.4 Å².